The molecule has 0 spiro atoms. The largest absolute Gasteiger partial charge is 0.465 e. The van der Waals surface area contributed by atoms with Gasteiger partial charge >= 0.3 is 12.1 Å². The molecule has 0 saturated carbocycles. The summed E-state index contributed by atoms with van der Waals surface area (Å²) in [6, 6.07) is 2.33. The summed E-state index contributed by atoms with van der Waals surface area (Å²) < 4.78 is 43.7. The second kappa shape index (κ2) is 10.0. The van der Waals surface area contributed by atoms with Crippen LogP contribution < -0.4 is 0 Å². The lowest BCUT2D eigenvalue weighted by atomic mass is 10.4. The molecule has 0 bridgehead atoms. The molecule has 0 amide bonds. The van der Waals surface area contributed by atoms with E-state index in [1.54, 1.807) is 13.3 Å². The van der Waals surface area contributed by atoms with Crippen molar-refractivity contribution < 1.29 is 22.7 Å². The molecule has 0 saturated heterocycles. The average molecular weight is 377 g/mol. The minimum Gasteiger partial charge on any atom is -0.465 e. The highest BCUT2D eigenvalue weighted by Gasteiger charge is 2.32. The van der Waals surface area contributed by atoms with Gasteiger partial charge < -0.3 is 4.74 Å². The second-order valence-corrected chi connectivity index (χ2v) is 5.86. The van der Waals surface area contributed by atoms with Gasteiger partial charge in [-0.25, -0.2) is 9.78 Å². The van der Waals surface area contributed by atoms with Gasteiger partial charge in [0.05, 0.1) is 25.4 Å². The summed E-state index contributed by atoms with van der Waals surface area (Å²) in [5.41, 5.74) is 0.297. The summed E-state index contributed by atoms with van der Waals surface area (Å²) in [5, 5.41) is 1.48. The van der Waals surface area contributed by atoms with Gasteiger partial charge in [-0.3, -0.25) is 9.98 Å². The number of alkyl halides is 3. The molecule has 1 rings (SSSR count). The number of rotatable bonds is 5. The predicted octanol–water partition coefficient (Wildman–Crippen LogP) is 3.89. The number of esters is 1. The lowest BCUT2D eigenvalue weighted by Gasteiger charge is -2.03. The monoisotopic (exact) mass is 377 g/mol. The number of halogens is 3. The molecule has 0 unspecified atom stereocenters. The van der Waals surface area contributed by atoms with Crippen LogP contribution in [0.4, 0.5) is 13.2 Å². The quantitative estimate of drug-likeness (QED) is 0.338. The Labute approximate surface area is 145 Å². The van der Waals surface area contributed by atoms with E-state index in [4.69, 9.17) is 0 Å². The molecule has 0 aromatic carbocycles. The zero-order valence-corrected chi connectivity index (χ0v) is 14.4. The smallest absolute Gasteiger partial charge is 0.433 e. The van der Waals surface area contributed by atoms with Crippen molar-refractivity contribution in [2.45, 2.75) is 11.1 Å². The standard InChI is InChI=1S/C14H14F3N3O2S2/c1-18-4-5-19-9-24-10-3-6-23-11(13(21)22-2)8-20-12(7-10)14(15,16)17/h3-4,6-9H,5H2,1-2H3. The van der Waals surface area contributed by atoms with Crippen LogP contribution in [0.5, 0.6) is 0 Å². The summed E-state index contributed by atoms with van der Waals surface area (Å²) in [6.07, 6.45) is -2.24. The Balaban J connectivity index is 3.27. The number of carbonyl (C=O) groups is 1. The number of methoxy groups -OCH3 is 1. The maximum Gasteiger partial charge on any atom is 0.433 e. The van der Waals surface area contributed by atoms with Crippen LogP contribution in [0.15, 0.2) is 38.6 Å². The highest BCUT2D eigenvalue weighted by atomic mass is 32.2. The van der Waals surface area contributed by atoms with Gasteiger partial charge in [0, 0.05) is 18.2 Å². The van der Waals surface area contributed by atoms with Crippen molar-refractivity contribution in [3.05, 3.63) is 34.3 Å². The summed E-state index contributed by atoms with van der Waals surface area (Å²) in [6.45, 7) is 0.337. The van der Waals surface area contributed by atoms with Crippen LogP contribution in [-0.2, 0) is 10.9 Å². The third-order valence-corrected chi connectivity index (χ3v) is 3.92. The van der Waals surface area contributed by atoms with Crippen molar-refractivity contribution in [2.75, 3.05) is 20.7 Å². The summed E-state index contributed by atoms with van der Waals surface area (Å²) in [5.74, 6) is -0.758. The fourth-order valence-corrected chi connectivity index (χ4v) is 2.60. The highest BCUT2D eigenvalue weighted by molar-refractivity contribution is 8.12. The van der Waals surface area contributed by atoms with Gasteiger partial charge in [-0.05, 0) is 17.5 Å². The number of aromatic nitrogens is 1. The Morgan fingerprint density at radius 1 is 1.50 bits per heavy atom. The van der Waals surface area contributed by atoms with Crippen molar-refractivity contribution in [1.82, 2.24) is 4.98 Å². The molecule has 0 aliphatic carbocycles. The first-order valence-corrected chi connectivity index (χ1v) is 8.18. The topological polar surface area (TPSA) is 63.9 Å². The fourth-order valence-electron chi connectivity index (χ4n) is 1.25. The van der Waals surface area contributed by atoms with E-state index >= 15 is 0 Å². The van der Waals surface area contributed by atoms with Crippen LogP contribution in [0, 0.1) is 0 Å². The number of thioether (sulfide) groups is 1. The van der Waals surface area contributed by atoms with Gasteiger partial charge in [0.25, 0.3) is 0 Å². The van der Waals surface area contributed by atoms with Crippen LogP contribution in [0.3, 0.4) is 0 Å². The molecule has 0 radical (unpaired) electrons. The molecule has 0 aliphatic heterocycles. The molecule has 5 nitrogen and oxygen atoms in total. The minimum atomic E-state index is -4.65. The molecule has 1 heterocycles. The van der Waals surface area contributed by atoms with E-state index in [0.717, 1.165) is 42.5 Å². The number of hydrogen-bond acceptors (Lipinski definition) is 7. The van der Waals surface area contributed by atoms with Crippen LogP contribution in [-0.4, -0.2) is 43.4 Å². The van der Waals surface area contributed by atoms with Crippen molar-refractivity contribution in [3.8, 4) is 0 Å². The number of nitrogens with zero attached hydrogens (tertiary/aromatic N) is 3. The number of ether oxygens (including phenoxy) is 1. The third kappa shape index (κ3) is 7.09. The highest BCUT2D eigenvalue weighted by Crippen LogP contribution is 2.29. The van der Waals surface area contributed by atoms with Gasteiger partial charge in [0.1, 0.15) is 10.6 Å². The minimum absolute atomic E-state index is 0.0528. The van der Waals surface area contributed by atoms with Crippen LogP contribution in [0.1, 0.15) is 15.4 Å². The lowest BCUT2D eigenvalue weighted by Crippen LogP contribution is -2.07. The molecular weight excluding hydrogens is 363 g/mol. The van der Waals surface area contributed by atoms with Crippen LogP contribution in [0.2, 0.25) is 0 Å². The van der Waals surface area contributed by atoms with Gasteiger partial charge in [0.2, 0.25) is 0 Å². The molecule has 0 N–H and O–H groups in total. The maximum absolute atomic E-state index is 13.0. The Morgan fingerprint density at radius 2 is 2.25 bits per heavy atom. The summed E-state index contributed by atoms with van der Waals surface area (Å²) >= 11 is 1.92. The SMILES string of the molecule is CN=CCN=CSc1ccsc(C(=O)OC)cnc(C(F)(F)F)c1. The first-order chi connectivity index (χ1) is 11.4. The zero-order chi connectivity index (χ0) is 18.0. The Bertz CT molecular complexity index is 672. The third-order valence-electron chi connectivity index (χ3n) is 2.34. The fraction of sp³-hybridized carbons (Fsp3) is 0.286. The molecule has 130 valence electrons. The van der Waals surface area contributed by atoms with Crippen LogP contribution in [0.25, 0.3) is 0 Å². The summed E-state index contributed by atoms with van der Waals surface area (Å²) in [7, 11) is 2.74. The van der Waals surface area contributed by atoms with E-state index in [-0.39, 0.29) is 9.77 Å². The van der Waals surface area contributed by atoms with Gasteiger partial charge in [-0.15, -0.1) is 11.3 Å². The van der Waals surface area contributed by atoms with E-state index in [1.807, 2.05) is 0 Å². The normalized spacial score (nSPS) is 11.7. The van der Waals surface area contributed by atoms with E-state index in [9.17, 15) is 18.0 Å². The Morgan fingerprint density at radius 3 is 2.88 bits per heavy atom. The second-order valence-electron chi connectivity index (χ2n) is 3.99. The molecule has 0 aliphatic rings. The van der Waals surface area contributed by atoms with Crippen molar-refractivity contribution in [3.63, 3.8) is 0 Å². The van der Waals surface area contributed by atoms with Gasteiger partial charge in [-0.2, -0.15) is 13.2 Å². The molecule has 24 heavy (non-hydrogen) atoms. The van der Waals surface area contributed by atoms with Gasteiger partial charge in [0.15, 0.2) is 0 Å². The molecule has 0 fully saturated rings. The molecule has 1 aromatic heterocycles. The summed E-state index contributed by atoms with van der Waals surface area (Å²) in [4.78, 5) is 22.8. The Kier molecular flexibility index (Phi) is 8.41. The molecule has 1 aromatic rings. The van der Waals surface area contributed by atoms with Crippen molar-refractivity contribution in [1.29, 1.82) is 0 Å². The van der Waals surface area contributed by atoms with Crippen molar-refractivity contribution >= 4 is 40.8 Å². The number of aliphatic imine (C=N–C) groups is 2. The Hall–Kier alpha value is -1.94. The molecule has 10 heteroatoms. The van der Waals surface area contributed by atoms with E-state index in [0.29, 0.717) is 6.54 Å². The lowest BCUT2D eigenvalue weighted by molar-refractivity contribution is -0.141. The first-order valence-electron chi connectivity index (χ1n) is 6.42. The van der Waals surface area contributed by atoms with Crippen molar-refractivity contribution in [2.24, 2.45) is 9.98 Å². The zero-order valence-electron chi connectivity index (χ0n) is 12.8. The van der Waals surface area contributed by atoms with E-state index < -0.39 is 17.8 Å². The molecule has 0 atom stereocenters. The molecular formula is C14H14F3N3O2S2. The number of hydrogen-bond donors (Lipinski definition) is 0. The average Bonchev–Trinajstić information content (AvgIpc) is 2.64. The maximum atomic E-state index is 13.0. The first kappa shape index (κ1) is 20.1. The van der Waals surface area contributed by atoms with E-state index in [2.05, 4.69) is 19.7 Å². The number of carbonyl (C=O) groups excluding carboxylic acids is 1. The van der Waals surface area contributed by atoms with E-state index in [1.165, 1.54) is 17.0 Å². The van der Waals surface area contributed by atoms with Crippen LogP contribution >= 0.6 is 23.1 Å². The predicted molar refractivity (Wildman–Crippen MR) is 89.7 cm³/mol. The van der Waals surface area contributed by atoms with Gasteiger partial charge in [-0.1, -0.05) is 11.8 Å².